The number of nitrogens with zero attached hydrogens (tertiary/aromatic N) is 1. The SMILES string of the molecule is CCc1c(S(N)(=O)=O)ccc(N=C=S)c1Cl. The van der Waals surface area contributed by atoms with Gasteiger partial charge >= 0.3 is 0 Å². The van der Waals surface area contributed by atoms with E-state index in [4.69, 9.17) is 16.7 Å². The lowest BCUT2D eigenvalue weighted by molar-refractivity contribution is 0.596. The summed E-state index contributed by atoms with van der Waals surface area (Å²) in [4.78, 5) is 3.75. The highest BCUT2D eigenvalue weighted by atomic mass is 35.5. The Labute approximate surface area is 104 Å². The number of nitrogens with two attached hydrogens (primary N) is 1. The molecule has 7 heteroatoms. The molecule has 1 aromatic rings. The molecule has 0 fully saturated rings. The summed E-state index contributed by atoms with van der Waals surface area (Å²) in [6, 6.07) is 2.81. The summed E-state index contributed by atoms with van der Waals surface area (Å²) in [6.07, 6.45) is 0.436. The van der Waals surface area contributed by atoms with Crippen LogP contribution in [0.4, 0.5) is 5.69 Å². The zero-order chi connectivity index (χ0) is 12.3. The molecule has 0 amide bonds. The number of thiocarbonyl (C=S) groups is 1. The molecule has 2 N–H and O–H groups in total. The number of isothiocyanates is 1. The van der Waals surface area contributed by atoms with Crippen molar-refractivity contribution in [2.75, 3.05) is 0 Å². The van der Waals surface area contributed by atoms with E-state index in [1.54, 1.807) is 6.92 Å². The summed E-state index contributed by atoms with van der Waals surface area (Å²) in [7, 11) is -3.77. The van der Waals surface area contributed by atoms with Gasteiger partial charge in [-0.25, -0.2) is 13.6 Å². The van der Waals surface area contributed by atoms with Gasteiger partial charge in [0.15, 0.2) is 0 Å². The minimum atomic E-state index is -3.77. The summed E-state index contributed by atoms with van der Waals surface area (Å²) < 4.78 is 22.6. The van der Waals surface area contributed by atoms with Crippen LogP contribution in [-0.2, 0) is 16.4 Å². The van der Waals surface area contributed by atoms with E-state index in [0.29, 0.717) is 17.7 Å². The van der Waals surface area contributed by atoms with E-state index >= 15 is 0 Å². The number of primary sulfonamides is 1. The van der Waals surface area contributed by atoms with Gasteiger partial charge in [0, 0.05) is 0 Å². The number of sulfonamides is 1. The molecule has 0 bridgehead atoms. The predicted molar refractivity (Wildman–Crippen MR) is 66.9 cm³/mol. The van der Waals surface area contributed by atoms with Gasteiger partial charge in [0.25, 0.3) is 0 Å². The van der Waals surface area contributed by atoms with Crippen LogP contribution < -0.4 is 5.14 Å². The Hall–Kier alpha value is -0.780. The maximum absolute atomic E-state index is 11.3. The third-order valence-electron chi connectivity index (χ3n) is 2.01. The molecule has 0 aliphatic heterocycles. The summed E-state index contributed by atoms with van der Waals surface area (Å²) in [5.41, 5.74) is 0.830. The first kappa shape index (κ1) is 13.3. The van der Waals surface area contributed by atoms with Crippen molar-refractivity contribution in [2.45, 2.75) is 18.2 Å². The zero-order valence-electron chi connectivity index (χ0n) is 8.40. The van der Waals surface area contributed by atoms with Crippen molar-refractivity contribution >= 4 is 44.7 Å². The first-order valence-corrected chi connectivity index (χ1v) is 6.67. The fourth-order valence-corrected chi connectivity index (χ4v) is 2.67. The molecule has 1 aromatic carbocycles. The first-order valence-electron chi connectivity index (χ1n) is 4.33. The molecule has 0 aromatic heterocycles. The fraction of sp³-hybridized carbons (Fsp3) is 0.222. The maximum Gasteiger partial charge on any atom is 0.238 e. The fourth-order valence-electron chi connectivity index (χ4n) is 1.32. The van der Waals surface area contributed by atoms with Gasteiger partial charge in [-0.05, 0) is 36.3 Å². The van der Waals surface area contributed by atoms with Crippen molar-refractivity contribution in [1.29, 1.82) is 0 Å². The van der Waals surface area contributed by atoms with Gasteiger partial charge in [0.1, 0.15) is 0 Å². The monoisotopic (exact) mass is 276 g/mol. The second kappa shape index (κ2) is 5.03. The van der Waals surface area contributed by atoms with Crippen LogP contribution in [0, 0.1) is 0 Å². The lowest BCUT2D eigenvalue weighted by Gasteiger charge is -2.09. The third kappa shape index (κ3) is 2.66. The van der Waals surface area contributed by atoms with Crippen LogP contribution in [0.15, 0.2) is 22.0 Å². The van der Waals surface area contributed by atoms with Crippen molar-refractivity contribution in [3.05, 3.63) is 22.7 Å². The average molecular weight is 277 g/mol. The molecule has 0 aliphatic carbocycles. The number of aliphatic imine (C=N–C) groups is 1. The van der Waals surface area contributed by atoms with Crippen molar-refractivity contribution < 1.29 is 8.42 Å². The topological polar surface area (TPSA) is 72.5 Å². The van der Waals surface area contributed by atoms with Crippen molar-refractivity contribution in [3.63, 3.8) is 0 Å². The number of rotatable bonds is 3. The normalized spacial score (nSPS) is 10.9. The van der Waals surface area contributed by atoms with E-state index in [0.717, 1.165) is 0 Å². The van der Waals surface area contributed by atoms with Crippen LogP contribution in [0.25, 0.3) is 0 Å². The van der Waals surface area contributed by atoms with Gasteiger partial charge in [-0.3, -0.25) is 0 Å². The molecule has 0 saturated heterocycles. The Morgan fingerprint density at radius 3 is 2.62 bits per heavy atom. The number of benzene rings is 1. The number of hydrogen-bond donors (Lipinski definition) is 1. The van der Waals surface area contributed by atoms with Crippen LogP contribution >= 0.6 is 23.8 Å². The highest BCUT2D eigenvalue weighted by molar-refractivity contribution is 7.89. The molecule has 86 valence electrons. The molecule has 0 spiro atoms. The van der Waals surface area contributed by atoms with Crippen molar-refractivity contribution in [3.8, 4) is 0 Å². The third-order valence-corrected chi connectivity index (χ3v) is 3.51. The van der Waals surface area contributed by atoms with Gasteiger partial charge < -0.3 is 0 Å². The molecule has 4 nitrogen and oxygen atoms in total. The number of hydrogen-bond acceptors (Lipinski definition) is 4. The highest BCUT2D eigenvalue weighted by Gasteiger charge is 2.17. The molecule has 0 atom stereocenters. The molecule has 0 saturated carbocycles. The van der Waals surface area contributed by atoms with Crippen LogP contribution in [-0.4, -0.2) is 13.6 Å². The second-order valence-electron chi connectivity index (χ2n) is 2.98. The predicted octanol–water partition coefficient (Wildman–Crippen LogP) is 2.28. The number of halogens is 1. The van der Waals surface area contributed by atoms with Crippen molar-refractivity contribution in [2.24, 2.45) is 10.1 Å². The smallest absolute Gasteiger partial charge is 0.225 e. The molecule has 0 unspecified atom stereocenters. The lowest BCUT2D eigenvalue weighted by atomic mass is 10.1. The van der Waals surface area contributed by atoms with Crippen LogP contribution in [0.1, 0.15) is 12.5 Å². The van der Waals surface area contributed by atoms with Crippen molar-refractivity contribution in [1.82, 2.24) is 0 Å². The molecule has 0 heterocycles. The first-order chi connectivity index (χ1) is 7.41. The largest absolute Gasteiger partial charge is 0.238 e. The summed E-state index contributed by atoms with van der Waals surface area (Å²) >= 11 is 10.5. The minimum absolute atomic E-state index is 0.0170. The van der Waals surface area contributed by atoms with Crippen LogP contribution in [0.2, 0.25) is 5.02 Å². The average Bonchev–Trinajstić information content (AvgIpc) is 2.19. The van der Waals surface area contributed by atoms with Gasteiger partial charge in [-0.1, -0.05) is 18.5 Å². The molecule has 1 rings (SSSR count). The maximum atomic E-state index is 11.3. The minimum Gasteiger partial charge on any atom is -0.225 e. The molecule has 16 heavy (non-hydrogen) atoms. The summed E-state index contributed by atoms with van der Waals surface area (Å²) in [5.74, 6) is 0. The Morgan fingerprint density at radius 1 is 1.56 bits per heavy atom. The van der Waals surface area contributed by atoms with E-state index in [-0.39, 0.29) is 9.92 Å². The molecular weight excluding hydrogens is 268 g/mol. The Morgan fingerprint density at radius 2 is 2.19 bits per heavy atom. The van der Waals surface area contributed by atoms with Crippen LogP contribution in [0.3, 0.4) is 0 Å². The van der Waals surface area contributed by atoms with E-state index in [2.05, 4.69) is 22.4 Å². The van der Waals surface area contributed by atoms with Gasteiger partial charge in [0.2, 0.25) is 10.0 Å². The molecule has 0 radical (unpaired) electrons. The quantitative estimate of drug-likeness (QED) is 0.680. The standard InChI is InChI=1S/C9H9ClN2O2S2/c1-2-6-8(16(11,13)14)4-3-7(9(6)10)12-5-15/h3-4H,2H2,1H3,(H2,11,13,14). The Balaban J connectivity index is 3.59. The molecular formula is C9H9ClN2O2S2. The lowest BCUT2D eigenvalue weighted by Crippen LogP contribution is -2.14. The Kier molecular flexibility index (Phi) is 4.18. The Bertz CT molecular complexity index is 563. The van der Waals surface area contributed by atoms with E-state index < -0.39 is 10.0 Å². The molecule has 0 aliphatic rings. The van der Waals surface area contributed by atoms with E-state index in [1.165, 1.54) is 12.1 Å². The van der Waals surface area contributed by atoms with Crippen LogP contribution in [0.5, 0.6) is 0 Å². The second-order valence-corrected chi connectivity index (χ2v) is 5.07. The summed E-state index contributed by atoms with van der Waals surface area (Å²) in [6.45, 7) is 1.78. The van der Waals surface area contributed by atoms with Gasteiger partial charge in [-0.2, -0.15) is 4.99 Å². The summed E-state index contributed by atoms with van der Waals surface area (Å²) in [5, 5.41) is 7.49. The zero-order valence-corrected chi connectivity index (χ0v) is 10.8. The highest BCUT2D eigenvalue weighted by Crippen LogP contribution is 2.32. The van der Waals surface area contributed by atoms with Gasteiger partial charge in [-0.15, -0.1) is 0 Å². The van der Waals surface area contributed by atoms with E-state index in [1.807, 2.05) is 0 Å². The van der Waals surface area contributed by atoms with Gasteiger partial charge in [0.05, 0.1) is 20.8 Å². The van der Waals surface area contributed by atoms with E-state index in [9.17, 15) is 8.42 Å².